The maximum Gasteiger partial charge on any atom is 0.397 e. The average Bonchev–Trinajstić information content (AvgIpc) is 2.74. The number of carbonyl (C=O) groups is 2. The number of ether oxygens (including phenoxy) is 4. The van der Waals surface area contributed by atoms with Crippen LogP contribution in [0, 0.1) is 5.82 Å². The Hall–Kier alpha value is -3.88. The predicted molar refractivity (Wildman–Crippen MR) is 107 cm³/mol. The van der Waals surface area contributed by atoms with Gasteiger partial charge in [-0.05, 0) is 31.2 Å². The largest absolute Gasteiger partial charge is 0.493 e. The highest BCUT2D eigenvalue weighted by Crippen LogP contribution is 2.37. The number of carbonyl (C=O) groups excluding carboxylic acids is 2. The van der Waals surface area contributed by atoms with Gasteiger partial charge in [0.05, 0.1) is 26.3 Å². The van der Waals surface area contributed by atoms with E-state index in [1.54, 1.807) is 25.1 Å². The first kappa shape index (κ1) is 20.8. The van der Waals surface area contributed by atoms with E-state index < -0.39 is 17.7 Å². The molecule has 0 fully saturated rings. The predicted octanol–water partition coefficient (Wildman–Crippen LogP) is 3.69. The van der Waals surface area contributed by atoms with Crippen LogP contribution in [0.2, 0.25) is 0 Å². The van der Waals surface area contributed by atoms with Crippen LogP contribution >= 0.6 is 0 Å². The number of pyridine rings is 1. The van der Waals surface area contributed by atoms with Crippen LogP contribution in [-0.4, -0.2) is 37.7 Å². The SMILES string of the molecule is CCOC(=O)C(=O)Nc1ccc(Oc2ccnc3cc(OC)c(OC)cc23)c(F)c1. The van der Waals surface area contributed by atoms with E-state index in [4.69, 9.17) is 14.2 Å². The maximum absolute atomic E-state index is 14.5. The number of methoxy groups -OCH3 is 2. The van der Waals surface area contributed by atoms with Crippen molar-refractivity contribution in [1.82, 2.24) is 4.98 Å². The summed E-state index contributed by atoms with van der Waals surface area (Å²) < 4.78 is 35.4. The minimum Gasteiger partial charge on any atom is -0.493 e. The molecule has 0 atom stereocenters. The lowest BCUT2D eigenvalue weighted by molar-refractivity contribution is -0.152. The van der Waals surface area contributed by atoms with Gasteiger partial charge in [0, 0.05) is 29.4 Å². The first-order valence-corrected chi connectivity index (χ1v) is 8.93. The highest BCUT2D eigenvalue weighted by Gasteiger charge is 2.17. The van der Waals surface area contributed by atoms with Gasteiger partial charge >= 0.3 is 11.9 Å². The molecule has 0 saturated heterocycles. The van der Waals surface area contributed by atoms with Gasteiger partial charge in [-0.25, -0.2) is 9.18 Å². The fraction of sp³-hybridized carbons (Fsp3) is 0.190. The van der Waals surface area contributed by atoms with Gasteiger partial charge < -0.3 is 24.3 Å². The van der Waals surface area contributed by atoms with Crippen LogP contribution < -0.4 is 19.5 Å². The van der Waals surface area contributed by atoms with Crippen LogP contribution in [0.1, 0.15) is 6.92 Å². The van der Waals surface area contributed by atoms with E-state index in [9.17, 15) is 14.0 Å². The second-order valence-corrected chi connectivity index (χ2v) is 5.96. The van der Waals surface area contributed by atoms with Crippen molar-refractivity contribution < 1.29 is 32.9 Å². The number of benzene rings is 2. The summed E-state index contributed by atoms with van der Waals surface area (Å²) in [5.74, 6) is -1.53. The number of rotatable bonds is 6. The van der Waals surface area contributed by atoms with Gasteiger partial charge in [-0.1, -0.05) is 0 Å². The summed E-state index contributed by atoms with van der Waals surface area (Å²) in [5, 5.41) is 2.86. The molecule has 0 aliphatic carbocycles. The third-order valence-electron chi connectivity index (χ3n) is 4.08. The summed E-state index contributed by atoms with van der Waals surface area (Å²) in [6, 6.07) is 8.74. The zero-order chi connectivity index (χ0) is 21.7. The minimum atomic E-state index is -1.05. The number of anilines is 1. The number of aromatic nitrogens is 1. The van der Waals surface area contributed by atoms with Crippen molar-refractivity contribution in [1.29, 1.82) is 0 Å². The zero-order valence-electron chi connectivity index (χ0n) is 16.5. The summed E-state index contributed by atoms with van der Waals surface area (Å²) in [6.07, 6.45) is 1.52. The number of nitrogens with one attached hydrogen (secondary N) is 1. The van der Waals surface area contributed by atoms with E-state index in [-0.39, 0.29) is 18.0 Å². The Morgan fingerprint density at radius 1 is 1.00 bits per heavy atom. The summed E-state index contributed by atoms with van der Waals surface area (Å²) in [6.45, 7) is 1.63. The molecule has 0 spiro atoms. The molecule has 0 aliphatic heterocycles. The van der Waals surface area contributed by atoms with Crippen molar-refractivity contribution in [2.24, 2.45) is 0 Å². The number of nitrogens with zero attached hydrogens (tertiary/aromatic N) is 1. The zero-order valence-corrected chi connectivity index (χ0v) is 16.5. The Labute approximate surface area is 171 Å². The lowest BCUT2D eigenvalue weighted by atomic mass is 10.2. The van der Waals surface area contributed by atoms with Crippen LogP contribution in [0.3, 0.4) is 0 Å². The molecule has 0 saturated carbocycles. The molecular weight excluding hydrogens is 395 g/mol. The van der Waals surface area contributed by atoms with E-state index in [2.05, 4.69) is 15.0 Å². The van der Waals surface area contributed by atoms with Crippen molar-refractivity contribution in [3.05, 3.63) is 48.4 Å². The van der Waals surface area contributed by atoms with Crippen LogP contribution in [-0.2, 0) is 14.3 Å². The number of amides is 1. The van der Waals surface area contributed by atoms with Gasteiger partial charge in [-0.3, -0.25) is 9.78 Å². The highest BCUT2D eigenvalue weighted by atomic mass is 19.1. The summed E-state index contributed by atoms with van der Waals surface area (Å²) in [4.78, 5) is 27.3. The van der Waals surface area contributed by atoms with Crippen molar-refractivity contribution in [3.8, 4) is 23.0 Å². The summed E-state index contributed by atoms with van der Waals surface area (Å²) in [5.41, 5.74) is 0.660. The lowest BCUT2D eigenvalue weighted by Crippen LogP contribution is -2.25. The van der Waals surface area contributed by atoms with Gasteiger partial charge in [-0.15, -0.1) is 0 Å². The molecule has 8 nitrogen and oxygen atoms in total. The number of hydrogen-bond donors (Lipinski definition) is 1. The third-order valence-corrected chi connectivity index (χ3v) is 4.08. The standard InChI is InChI=1S/C21H19FN2O6/c1-4-29-21(26)20(25)24-12-5-6-17(14(22)9-12)30-16-7-8-23-15-11-19(28-3)18(27-2)10-13(15)16/h5-11H,4H2,1-3H3,(H,24,25). The minimum absolute atomic E-state index is 0.0595. The summed E-state index contributed by atoms with van der Waals surface area (Å²) >= 11 is 0. The van der Waals surface area contributed by atoms with Crippen LogP contribution in [0.5, 0.6) is 23.0 Å². The lowest BCUT2D eigenvalue weighted by Gasteiger charge is -2.13. The maximum atomic E-state index is 14.5. The summed E-state index contributed by atoms with van der Waals surface area (Å²) in [7, 11) is 3.02. The van der Waals surface area contributed by atoms with Gasteiger partial charge in [0.2, 0.25) is 0 Å². The molecule has 30 heavy (non-hydrogen) atoms. The van der Waals surface area contributed by atoms with Crippen LogP contribution in [0.25, 0.3) is 10.9 Å². The smallest absolute Gasteiger partial charge is 0.397 e. The van der Waals surface area contributed by atoms with Crippen molar-refractivity contribution in [3.63, 3.8) is 0 Å². The Morgan fingerprint density at radius 3 is 2.40 bits per heavy atom. The Morgan fingerprint density at radius 2 is 1.73 bits per heavy atom. The van der Waals surface area contributed by atoms with Crippen molar-refractivity contribution in [2.45, 2.75) is 6.92 Å². The second-order valence-electron chi connectivity index (χ2n) is 5.96. The molecule has 3 aromatic rings. The molecule has 156 valence electrons. The Kier molecular flexibility index (Phi) is 6.31. The molecule has 0 aliphatic rings. The van der Waals surface area contributed by atoms with E-state index in [0.717, 1.165) is 6.07 Å². The molecule has 2 aromatic carbocycles. The fourth-order valence-corrected chi connectivity index (χ4v) is 2.70. The molecule has 1 N–H and O–H groups in total. The second kappa shape index (κ2) is 9.08. The monoisotopic (exact) mass is 414 g/mol. The van der Waals surface area contributed by atoms with E-state index >= 15 is 0 Å². The van der Waals surface area contributed by atoms with E-state index in [0.29, 0.717) is 28.2 Å². The molecule has 1 aromatic heterocycles. The van der Waals surface area contributed by atoms with E-state index in [1.807, 2.05) is 0 Å². The van der Waals surface area contributed by atoms with E-state index in [1.165, 1.54) is 32.5 Å². The fourth-order valence-electron chi connectivity index (χ4n) is 2.70. The molecule has 1 amide bonds. The highest BCUT2D eigenvalue weighted by molar-refractivity contribution is 6.37. The molecular formula is C21H19FN2O6. The average molecular weight is 414 g/mol. The Bertz CT molecular complexity index is 1100. The van der Waals surface area contributed by atoms with Gasteiger partial charge in [-0.2, -0.15) is 0 Å². The number of halogens is 1. The molecule has 0 radical (unpaired) electrons. The molecule has 0 unspecified atom stereocenters. The normalized spacial score (nSPS) is 10.4. The number of esters is 1. The molecule has 0 bridgehead atoms. The van der Waals surface area contributed by atoms with Crippen LogP contribution in [0.4, 0.5) is 10.1 Å². The van der Waals surface area contributed by atoms with Gasteiger partial charge in [0.25, 0.3) is 0 Å². The number of hydrogen-bond acceptors (Lipinski definition) is 7. The number of fused-ring (bicyclic) bond motifs is 1. The topological polar surface area (TPSA) is 96.0 Å². The first-order chi connectivity index (χ1) is 14.5. The van der Waals surface area contributed by atoms with Crippen molar-refractivity contribution in [2.75, 3.05) is 26.1 Å². The van der Waals surface area contributed by atoms with Gasteiger partial charge in [0.1, 0.15) is 5.75 Å². The quantitative estimate of drug-likeness (QED) is 0.485. The first-order valence-electron chi connectivity index (χ1n) is 8.93. The Balaban J connectivity index is 1.87. The molecule has 1 heterocycles. The van der Waals surface area contributed by atoms with Gasteiger partial charge in [0.15, 0.2) is 23.1 Å². The third kappa shape index (κ3) is 4.40. The van der Waals surface area contributed by atoms with Crippen molar-refractivity contribution >= 4 is 28.5 Å². The molecule has 3 rings (SSSR count). The molecule has 9 heteroatoms. The van der Waals surface area contributed by atoms with Crippen LogP contribution in [0.15, 0.2) is 42.6 Å².